The number of carbonyl (C=O) groups excluding carboxylic acids is 4. The summed E-state index contributed by atoms with van der Waals surface area (Å²) >= 11 is 3.54. The number of halogens is 2. The number of amides is 3. The van der Waals surface area contributed by atoms with Crippen LogP contribution in [-0.4, -0.2) is 60.7 Å². The lowest BCUT2D eigenvalue weighted by molar-refractivity contribution is -0.135. The Balaban J connectivity index is 0.00000400. The van der Waals surface area contributed by atoms with E-state index in [2.05, 4.69) is 15.9 Å². The normalized spacial score (nSPS) is 18.0. The molecule has 2 aliphatic rings. The zero-order valence-corrected chi connectivity index (χ0v) is 27.1. The predicted octanol–water partition coefficient (Wildman–Crippen LogP) is 5.36. The molecule has 0 aliphatic carbocycles. The highest BCUT2D eigenvalue weighted by molar-refractivity contribution is 9.10. The van der Waals surface area contributed by atoms with E-state index >= 15 is 0 Å². The van der Waals surface area contributed by atoms with Crippen molar-refractivity contribution in [3.63, 3.8) is 0 Å². The van der Waals surface area contributed by atoms with E-state index in [0.29, 0.717) is 41.2 Å². The Morgan fingerprint density at radius 3 is 2.27 bits per heavy atom. The van der Waals surface area contributed by atoms with E-state index in [1.54, 1.807) is 46.1 Å². The number of fused-ring (bicyclic) bond motifs is 2. The van der Waals surface area contributed by atoms with Crippen molar-refractivity contribution in [2.75, 3.05) is 30.0 Å². The average Bonchev–Trinajstić information content (AvgIpc) is 3.10. The van der Waals surface area contributed by atoms with Gasteiger partial charge in [0.25, 0.3) is 5.91 Å². The zero-order chi connectivity index (χ0) is 31.1. The van der Waals surface area contributed by atoms with Crippen LogP contribution in [0.4, 0.5) is 11.4 Å². The van der Waals surface area contributed by atoms with Gasteiger partial charge in [-0.15, -0.1) is 12.4 Å². The van der Waals surface area contributed by atoms with Gasteiger partial charge >= 0.3 is 0 Å². The van der Waals surface area contributed by atoms with Crippen LogP contribution in [0.15, 0.2) is 83.3 Å². The van der Waals surface area contributed by atoms with Crippen molar-refractivity contribution in [1.29, 1.82) is 0 Å². The number of benzene rings is 4. The molecule has 0 bridgehead atoms. The third-order valence-electron chi connectivity index (χ3n) is 8.53. The largest absolute Gasteiger partial charge is 0.496 e. The summed E-state index contributed by atoms with van der Waals surface area (Å²) in [7, 11) is 1.60. The SMILES string of the molecule is COc1ccc2cc(Br)ccc2c1CN1C(=O)[C@@H](N2CCC2C(N)=O)CN(C(=O)c2ccc(C(C)=O)cc2)c2ccccc21.Cl. The van der Waals surface area contributed by atoms with Gasteiger partial charge < -0.3 is 20.3 Å². The number of para-hydroxylation sites is 2. The van der Waals surface area contributed by atoms with Crippen LogP contribution in [0.5, 0.6) is 5.75 Å². The summed E-state index contributed by atoms with van der Waals surface area (Å²) in [5, 5.41) is 1.90. The molecule has 2 N–H and O–H groups in total. The Bertz CT molecular complexity index is 1810. The van der Waals surface area contributed by atoms with Gasteiger partial charge in [0, 0.05) is 27.7 Å². The Hall–Kier alpha value is -4.25. The molecule has 0 radical (unpaired) electrons. The monoisotopic (exact) mass is 690 g/mol. The van der Waals surface area contributed by atoms with Crippen LogP contribution in [0.2, 0.25) is 0 Å². The minimum Gasteiger partial charge on any atom is -0.496 e. The number of rotatable bonds is 7. The summed E-state index contributed by atoms with van der Waals surface area (Å²) in [5.74, 6) is -0.547. The summed E-state index contributed by atoms with van der Waals surface area (Å²) in [5.41, 5.74) is 8.53. The van der Waals surface area contributed by atoms with Crippen molar-refractivity contribution in [1.82, 2.24) is 4.90 Å². The third-order valence-corrected chi connectivity index (χ3v) is 9.02. The summed E-state index contributed by atoms with van der Waals surface area (Å²) in [6.07, 6.45) is 0.540. The maximum absolute atomic E-state index is 14.6. The number of carbonyl (C=O) groups is 4. The lowest BCUT2D eigenvalue weighted by Gasteiger charge is -2.44. The fourth-order valence-corrected chi connectivity index (χ4v) is 6.50. The van der Waals surface area contributed by atoms with E-state index in [1.165, 1.54) is 6.92 Å². The molecule has 0 spiro atoms. The van der Waals surface area contributed by atoms with E-state index in [-0.39, 0.29) is 43.1 Å². The highest BCUT2D eigenvalue weighted by Gasteiger charge is 2.46. The number of hydrogen-bond acceptors (Lipinski definition) is 6. The molecule has 9 nitrogen and oxygen atoms in total. The van der Waals surface area contributed by atoms with Crippen molar-refractivity contribution in [2.24, 2.45) is 5.73 Å². The smallest absolute Gasteiger partial charge is 0.258 e. The Kier molecular flexibility index (Phi) is 9.29. The van der Waals surface area contributed by atoms with Gasteiger partial charge in [-0.3, -0.25) is 24.1 Å². The number of likely N-dealkylation sites (tertiary alicyclic amines) is 1. The molecular formula is C34H32BrClN4O5. The molecule has 0 saturated carbocycles. The molecule has 1 unspecified atom stereocenters. The number of primary amides is 1. The van der Waals surface area contributed by atoms with Crippen LogP contribution >= 0.6 is 28.3 Å². The second kappa shape index (κ2) is 13.0. The second-order valence-electron chi connectivity index (χ2n) is 11.0. The first-order chi connectivity index (χ1) is 21.2. The van der Waals surface area contributed by atoms with Crippen LogP contribution < -0.4 is 20.3 Å². The molecule has 11 heteroatoms. The van der Waals surface area contributed by atoms with E-state index in [0.717, 1.165) is 20.8 Å². The van der Waals surface area contributed by atoms with Gasteiger partial charge in [-0.2, -0.15) is 0 Å². The Morgan fingerprint density at radius 2 is 1.64 bits per heavy atom. The van der Waals surface area contributed by atoms with Crippen LogP contribution in [-0.2, 0) is 16.1 Å². The lowest BCUT2D eigenvalue weighted by Crippen LogP contribution is -2.64. The van der Waals surface area contributed by atoms with Gasteiger partial charge in [0.05, 0.1) is 37.6 Å². The van der Waals surface area contributed by atoms with Crippen molar-refractivity contribution >= 4 is 74.0 Å². The molecule has 1 fully saturated rings. The Morgan fingerprint density at radius 1 is 0.956 bits per heavy atom. The number of anilines is 2. The maximum atomic E-state index is 14.6. The van der Waals surface area contributed by atoms with Crippen molar-refractivity contribution < 1.29 is 23.9 Å². The van der Waals surface area contributed by atoms with E-state index in [1.807, 2.05) is 54.6 Å². The molecule has 4 aromatic rings. The molecule has 3 amide bonds. The second-order valence-corrected chi connectivity index (χ2v) is 12.0. The van der Waals surface area contributed by atoms with Crippen LogP contribution in [0.25, 0.3) is 10.8 Å². The summed E-state index contributed by atoms with van der Waals surface area (Å²) in [6.45, 7) is 2.15. The number of hydrogen-bond donors (Lipinski definition) is 1. The third kappa shape index (κ3) is 5.93. The molecule has 0 aromatic heterocycles. The van der Waals surface area contributed by atoms with Crippen LogP contribution in [0.3, 0.4) is 0 Å². The Labute approximate surface area is 275 Å². The first kappa shape index (κ1) is 32.2. The number of Topliss-reactive ketones (excluding diaryl/α,β-unsaturated/α-hetero) is 1. The topological polar surface area (TPSA) is 113 Å². The molecular weight excluding hydrogens is 660 g/mol. The van der Waals surface area contributed by atoms with Gasteiger partial charge in [-0.1, -0.05) is 52.3 Å². The summed E-state index contributed by atoms with van der Waals surface area (Å²) < 4.78 is 6.70. The fraction of sp³-hybridized carbons (Fsp3) is 0.235. The molecule has 2 aliphatic heterocycles. The number of ketones is 1. The zero-order valence-electron chi connectivity index (χ0n) is 24.7. The molecule has 232 valence electrons. The van der Waals surface area contributed by atoms with Gasteiger partial charge in [-0.25, -0.2) is 0 Å². The number of methoxy groups -OCH3 is 1. The highest BCUT2D eigenvalue weighted by Crippen LogP contribution is 2.39. The van der Waals surface area contributed by atoms with E-state index < -0.39 is 18.0 Å². The first-order valence-corrected chi connectivity index (χ1v) is 15.1. The standard InChI is InChI=1S/C34H31BrN4O5.ClH/c1-20(40)21-7-9-22(10-8-21)33(42)39-19-30(37-16-15-29(37)32(36)41)34(43)38(27-5-3-4-6-28(27)39)18-26-25-13-12-24(35)17-23(25)11-14-31(26)44-2;/h3-14,17,29-30H,15-16,18-19H2,1-2H3,(H2,36,41);1H/t29?,30-;/m0./s1. The average molecular weight is 692 g/mol. The minimum absolute atomic E-state index is 0. The van der Waals surface area contributed by atoms with Crippen LogP contribution in [0, 0.1) is 0 Å². The number of nitrogens with two attached hydrogens (primary N) is 1. The van der Waals surface area contributed by atoms with Crippen molar-refractivity contribution in [2.45, 2.75) is 32.0 Å². The minimum atomic E-state index is -0.829. The van der Waals surface area contributed by atoms with Crippen molar-refractivity contribution in [3.8, 4) is 5.75 Å². The van der Waals surface area contributed by atoms with Gasteiger partial charge in [0.1, 0.15) is 11.8 Å². The van der Waals surface area contributed by atoms with Gasteiger partial charge in [0.2, 0.25) is 11.8 Å². The fourth-order valence-electron chi connectivity index (χ4n) is 6.12. The summed E-state index contributed by atoms with van der Waals surface area (Å²) in [4.78, 5) is 58.0. The molecule has 4 aromatic carbocycles. The highest BCUT2D eigenvalue weighted by atomic mass is 79.9. The molecule has 45 heavy (non-hydrogen) atoms. The lowest BCUT2D eigenvalue weighted by atomic mass is 9.97. The quantitative estimate of drug-likeness (QED) is 0.261. The first-order valence-electron chi connectivity index (χ1n) is 14.3. The van der Waals surface area contributed by atoms with E-state index in [4.69, 9.17) is 10.5 Å². The van der Waals surface area contributed by atoms with Crippen LogP contribution in [0.1, 0.15) is 39.6 Å². The molecule has 6 rings (SSSR count). The number of ether oxygens (including phenoxy) is 1. The predicted molar refractivity (Wildman–Crippen MR) is 179 cm³/mol. The number of nitrogens with zero attached hydrogens (tertiary/aromatic N) is 3. The van der Waals surface area contributed by atoms with Gasteiger partial charge in [0.15, 0.2) is 5.78 Å². The molecule has 1 saturated heterocycles. The van der Waals surface area contributed by atoms with Crippen molar-refractivity contribution in [3.05, 3.63) is 100 Å². The molecule has 2 heterocycles. The maximum Gasteiger partial charge on any atom is 0.258 e. The summed E-state index contributed by atoms with van der Waals surface area (Å²) in [6, 6.07) is 22.1. The molecule has 2 atom stereocenters. The van der Waals surface area contributed by atoms with E-state index in [9.17, 15) is 19.2 Å². The van der Waals surface area contributed by atoms with Gasteiger partial charge in [-0.05, 0) is 66.6 Å².